The second-order valence-corrected chi connectivity index (χ2v) is 17.5. The third-order valence-corrected chi connectivity index (χ3v) is 13.5. The Balaban J connectivity index is 1.29. The van der Waals surface area contributed by atoms with Gasteiger partial charge in [0.1, 0.15) is 12.6 Å². The van der Waals surface area contributed by atoms with Crippen LogP contribution in [0.2, 0.25) is 0 Å². The van der Waals surface area contributed by atoms with Crippen LogP contribution < -0.4 is 5.32 Å². The number of carbonyl (C=O) groups excluding carboxylic acids is 1. The van der Waals surface area contributed by atoms with Crippen molar-refractivity contribution < 1.29 is 42.7 Å². The minimum absolute atomic E-state index is 0.0451. The molecule has 12 atom stereocenters. The fraction of sp³-hybridized carbons (Fsp3) is 0.969. The van der Waals surface area contributed by atoms with Crippen molar-refractivity contribution >= 4 is 16.0 Å². The monoisotopic (exact) mass is 630 g/mol. The lowest BCUT2D eigenvalue weighted by molar-refractivity contribution is -0.893. The lowest BCUT2D eigenvalue weighted by Crippen LogP contribution is -2.62. The van der Waals surface area contributed by atoms with E-state index in [1.54, 1.807) is 0 Å². The maximum Gasteiger partial charge on any atom is 0.220 e. The number of aliphatic hydroxyl groups excluding tert-OH is 4. The van der Waals surface area contributed by atoms with E-state index in [9.17, 15) is 38.2 Å². The number of aliphatic hydroxyl groups is 4. The van der Waals surface area contributed by atoms with Gasteiger partial charge >= 0.3 is 0 Å². The van der Waals surface area contributed by atoms with E-state index in [1.165, 1.54) is 0 Å². The van der Waals surface area contributed by atoms with Gasteiger partial charge in [-0.2, -0.15) is 0 Å². The Kier molecular flexibility index (Phi) is 10.7. The summed E-state index contributed by atoms with van der Waals surface area (Å²) < 4.78 is 32.9. The predicted octanol–water partition coefficient (Wildman–Crippen LogP) is 1.85. The van der Waals surface area contributed by atoms with Crippen molar-refractivity contribution in [2.24, 2.45) is 46.3 Å². The second-order valence-electron chi connectivity index (χ2n) is 16.0. The van der Waals surface area contributed by atoms with Gasteiger partial charge in [-0.3, -0.25) is 4.79 Å². The molecule has 8 unspecified atom stereocenters. The maximum atomic E-state index is 12.7. The largest absolute Gasteiger partial charge is 0.748 e. The minimum Gasteiger partial charge on any atom is -0.748 e. The van der Waals surface area contributed by atoms with Crippen LogP contribution in [0.1, 0.15) is 85.0 Å². The van der Waals surface area contributed by atoms with Crippen LogP contribution in [0, 0.1) is 46.3 Å². The quantitative estimate of drug-likeness (QED) is 0.161. The topological polar surface area (TPSA) is 167 Å². The Morgan fingerprint density at radius 1 is 1.07 bits per heavy atom. The molecule has 11 heteroatoms. The van der Waals surface area contributed by atoms with Crippen molar-refractivity contribution in [2.45, 2.75) is 109 Å². The van der Waals surface area contributed by atoms with Gasteiger partial charge in [0.2, 0.25) is 5.91 Å². The third kappa shape index (κ3) is 7.60. The van der Waals surface area contributed by atoms with Crippen molar-refractivity contribution in [1.82, 2.24) is 5.32 Å². The number of carbonyl (C=O) groups is 1. The smallest absolute Gasteiger partial charge is 0.220 e. The molecular formula is C32H58N2O8S. The van der Waals surface area contributed by atoms with Crippen LogP contribution in [0.25, 0.3) is 0 Å². The molecule has 0 bridgehead atoms. The third-order valence-electron chi connectivity index (χ3n) is 12.7. The first-order valence-electron chi connectivity index (χ1n) is 16.6. The number of rotatable bonds is 12. The Bertz CT molecular complexity index is 1090. The van der Waals surface area contributed by atoms with E-state index in [-0.39, 0.29) is 65.4 Å². The minimum atomic E-state index is -4.26. The molecule has 43 heavy (non-hydrogen) atoms. The number of hydrogen-bond donors (Lipinski definition) is 5. The first-order chi connectivity index (χ1) is 19.9. The Morgan fingerprint density at radius 3 is 2.44 bits per heavy atom. The van der Waals surface area contributed by atoms with Crippen molar-refractivity contribution in [3.63, 3.8) is 0 Å². The molecule has 4 saturated carbocycles. The van der Waals surface area contributed by atoms with Crippen molar-refractivity contribution in [3.05, 3.63) is 0 Å². The Labute approximate surface area is 259 Å². The van der Waals surface area contributed by atoms with E-state index in [2.05, 4.69) is 26.1 Å². The standard InChI is InChI=1S/C32H58N2O8S/c1-20(7-10-29(39)33-18-23(36)19-34(4,5)13-6-14-43(40,41)42)24-8-9-25-30-26(17-28(38)32(24,25)3)31(2)12-11-22(35)15-21(31)16-27(30)37/h20-28,30,35-38H,6-19H2,1-5H3,(H-,33,39,40,41,42)/t20?,21?,22-,23?,24?,25+,26+,27?,28+,30?,31?,32?/m1/s1. The predicted molar refractivity (Wildman–Crippen MR) is 162 cm³/mol. The molecule has 0 spiro atoms. The van der Waals surface area contributed by atoms with E-state index < -0.39 is 34.2 Å². The molecule has 0 heterocycles. The van der Waals surface area contributed by atoms with Gasteiger partial charge in [-0.1, -0.05) is 20.8 Å². The molecule has 0 aromatic carbocycles. The molecule has 0 aromatic rings. The van der Waals surface area contributed by atoms with E-state index in [1.807, 2.05) is 14.1 Å². The first kappa shape index (κ1) is 35.0. The van der Waals surface area contributed by atoms with E-state index >= 15 is 0 Å². The lowest BCUT2D eigenvalue weighted by Gasteiger charge is -2.63. The van der Waals surface area contributed by atoms with Gasteiger partial charge in [-0.25, -0.2) is 8.42 Å². The van der Waals surface area contributed by atoms with E-state index in [4.69, 9.17) is 0 Å². The van der Waals surface area contributed by atoms with Crippen molar-refractivity contribution in [2.75, 3.05) is 39.5 Å². The van der Waals surface area contributed by atoms with Crippen LogP contribution in [-0.4, -0.2) is 108 Å². The van der Waals surface area contributed by atoms with Gasteiger partial charge in [0.15, 0.2) is 0 Å². The summed E-state index contributed by atoms with van der Waals surface area (Å²) in [4.78, 5) is 12.7. The average Bonchev–Trinajstić information content (AvgIpc) is 3.25. The lowest BCUT2D eigenvalue weighted by atomic mass is 9.43. The zero-order chi connectivity index (χ0) is 32.0. The number of nitrogens with one attached hydrogen (secondary N) is 1. The van der Waals surface area contributed by atoms with Gasteiger partial charge in [-0.15, -0.1) is 0 Å². The number of fused-ring (bicyclic) bond motifs is 5. The highest BCUT2D eigenvalue weighted by Gasteiger charge is 2.65. The van der Waals surface area contributed by atoms with Gasteiger partial charge in [0.25, 0.3) is 0 Å². The van der Waals surface area contributed by atoms with Crippen LogP contribution >= 0.6 is 0 Å². The molecule has 4 fully saturated rings. The Hall–Kier alpha value is -0.820. The fourth-order valence-electron chi connectivity index (χ4n) is 10.4. The summed E-state index contributed by atoms with van der Waals surface area (Å²) in [6, 6.07) is 0. The molecule has 250 valence electrons. The van der Waals surface area contributed by atoms with Gasteiger partial charge in [-0.05, 0) is 97.7 Å². The summed E-state index contributed by atoms with van der Waals surface area (Å²) in [5, 5.41) is 46.9. The van der Waals surface area contributed by atoms with E-state index in [0.29, 0.717) is 42.8 Å². The van der Waals surface area contributed by atoms with Crippen molar-refractivity contribution in [1.29, 1.82) is 0 Å². The summed E-state index contributed by atoms with van der Waals surface area (Å²) in [6.45, 7) is 7.60. The summed E-state index contributed by atoms with van der Waals surface area (Å²) in [5.74, 6) is 0.892. The molecule has 1 amide bonds. The fourth-order valence-corrected chi connectivity index (χ4v) is 10.9. The highest BCUT2D eigenvalue weighted by atomic mass is 32.2. The van der Waals surface area contributed by atoms with Crippen LogP contribution in [-0.2, 0) is 14.9 Å². The average molecular weight is 631 g/mol. The summed E-state index contributed by atoms with van der Waals surface area (Å²) in [6.07, 6.45) is 5.19. The van der Waals surface area contributed by atoms with Gasteiger partial charge in [0.05, 0.1) is 49.1 Å². The number of quaternary nitrogens is 1. The molecule has 0 aliphatic heterocycles. The molecule has 4 aliphatic rings. The number of amides is 1. The van der Waals surface area contributed by atoms with Crippen LogP contribution in [0.3, 0.4) is 0 Å². The molecule has 0 saturated heterocycles. The second kappa shape index (κ2) is 13.1. The summed E-state index contributed by atoms with van der Waals surface area (Å²) in [7, 11) is -0.552. The van der Waals surface area contributed by atoms with Crippen molar-refractivity contribution in [3.8, 4) is 0 Å². The number of hydrogen-bond acceptors (Lipinski definition) is 8. The first-order valence-corrected chi connectivity index (χ1v) is 18.2. The maximum absolute atomic E-state index is 12.7. The highest BCUT2D eigenvalue weighted by molar-refractivity contribution is 7.85. The summed E-state index contributed by atoms with van der Waals surface area (Å²) >= 11 is 0. The van der Waals surface area contributed by atoms with Gasteiger partial charge < -0.3 is 34.8 Å². The molecule has 4 aliphatic carbocycles. The molecule has 0 aromatic heterocycles. The van der Waals surface area contributed by atoms with E-state index in [0.717, 1.165) is 38.5 Å². The zero-order valence-electron chi connectivity index (χ0n) is 27.0. The van der Waals surface area contributed by atoms with Crippen LogP contribution in [0.5, 0.6) is 0 Å². The molecule has 0 radical (unpaired) electrons. The SMILES string of the molecule is CC(CCC(=O)NCC(O)C[N+](C)(C)CCCS(=O)(=O)[O-])C1CC[C@H]2C3C(O)CC4C[C@H](O)CCC4(C)[C@H]3C[C@H](O)C12C. The molecule has 10 nitrogen and oxygen atoms in total. The van der Waals surface area contributed by atoms with Crippen LogP contribution in [0.15, 0.2) is 0 Å². The highest BCUT2D eigenvalue weighted by Crippen LogP contribution is 2.68. The normalized spacial score (nSPS) is 41.1. The zero-order valence-corrected chi connectivity index (χ0v) is 27.8. The molecule has 5 N–H and O–H groups in total. The van der Waals surface area contributed by atoms with Crippen LogP contribution in [0.4, 0.5) is 0 Å². The number of nitrogens with zero attached hydrogens (tertiary/aromatic N) is 1. The van der Waals surface area contributed by atoms with Gasteiger partial charge in [0, 0.05) is 25.1 Å². The Morgan fingerprint density at radius 2 is 1.77 bits per heavy atom. The number of likely N-dealkylation sites (N-methyl/N-ethyl adjacent to an activating group) is 1. The molecule has 4 rings (SSSR count). The summed E-state index contributed by atoms with van der Waals surface area (Å²) in [5.41, 5.74) is -0.260. The molecular weight excluding hydrogens is 572 g/mol.